The molecule has 2 atom stereocenters. The number of nitrogens with zero attached hydrogens (tertiary/aromatic N) is 1. The molecule has 0 bridgehead atoms. The summed E-state index contributed by atoms with van der Waals surface area (Å²) in [6.45, 7) is 4.75. The molecule has 2 unspecified atom stereocenters. The highest BCUT2D eigenvalue weighted by Gasteiger charge is 2.27. The number of nitrogens with one attached hydrogen (secondary N) is 3. The van der Waals surface area contributed by atoms with Crippen LogP contribution in [0.1, 0.15) is 45.3 Å². The van der Waals surface area contributed by atoms with Crippen molar-refractivity contribution in [2.45, 2.75) is 58.0 Å². The number of hydrogen-bond donors (Lipinski definition) is 3. The van der Waals surface area contributed by atoms with Gasteiger partial charge in [-0.05, 0) is 45.2 Å². The first kappa shape index (κ1) is 20.2. The molecule has 1 aromatic carbocycles. The van der Waals surface area contributed by atoms with Gasteiger partial charge in [-0.2, -0.15) is 0 Å². The molecule has 0 spiro atoms. The maximum absolute atomic E-state index is 12.3. The lowest BCUT2D eigenvalue weighted by Gasteiger charge is -2.30. The van der Waals surface area contributed by atoms with E-state index in [4.69, 9.17) is 4.42 Å². The van der Waals surface area contributed by atoms with Gasteiger partial charge < -0.3 is 20.4 Å². The summed E-state index contributed by atoms with van der Waals surface area (Å²) in [5.41, 5.74) is 0.924. The number of carbonyl (C=O) groups is 1. The highest BCUT2D eigenvalue weighted by molar-refractivity contribution is 5.81. The highest BCUT2D eigenvalue weighted by atomic mass is 16.3. The summed E-state index contributed by atoms with van der Waals surface area (Å²) in [4.78, 5) is 16.7. The predicted molar refractivity (Wildman–Crippen MR) is 113 cm³/mol. The van der Waals surface area contributed by atoms with Crippen LogP contribution in [0.3, 0.4) is 0 Å². The van der Waals surface area contributed by atoms with Crippen molar-refractivity contribution in [2.24, 2.45) is 10.9 Å². The summed E-state index contributed by atoms with van der Waals surface area (Å²) in [6, 6.07) is 10.6. The van der Waals surface area contributed by atoms with E-state index in [1.54, 1.807) is 7.05 Å². The van der Waals surface area contributed by atoms with Crippen molar-refractivity contribution in [1.29, 1.82) is 0 Å². The molecule has 0 saturated heterocycles. The number of benzene rings is 1. The van der Waals surface area contributed by atoms with Gasteiger partial charge in [0.25, 0.3) is 0 Å². The van der Waals surface area contributed by atoms with Crippen LogP contribution < -0.4 is 16.0 Å². The maximum atomic E-state index is 12.3. The fourth-order valence-corrected chi connectivity index (χ4v) is 3.81. The topological polar surface area (TPSA) is 78.7 Å². The van der Waals surface area contributed by atoms with Gasteiger partial charge in [0.15, 0.2) is 5.96 Å². The van der Waals surface area contributed by atoms with Crippen molar-refractivity contribution < 1.29 is 9.21 Å². The van der Waals surface area contributed by atoms with E-state index >= 15 is 0 Å². The molecule has 1 aliphatic carbocycles. The molecule has 1 aromatic heterocycles. The van der Waals surface area contributed by atoms with E-state index in [1.807, 2.05) is 32.0 Å². The maximum Gasteiger partial charge on any atom is 0.223 e. The fourth-order valence-electron chi connectivity index (χ4n) is 3.81. The average Bonchev–Trinajstić information content (AvgIpc) is 3.09. The minimum Gasteiger partial charge on any atom is -0.461 e. The number of furan rings is 1. The second-order valence-electron chi connectivity index (χ2n) is 7.87. The first-order valence-electron chi connectivity index (χ1n) is 10.3. The standard InChI is InChI=1S/C22H32N4O2/c1-15(2)25-21(27)17-8-6-9-18(13-17)26-22(23-3)24-12-11-19-14-16-7-4-5-10-20(16)28-19/h4-5,7,10,14-15,17-18H,6,8-9,11-13H2,1-3H3,(H,25,27)(H2,23,24,26). The van der Waals surface area contributed by atoms with Gasteiger partial charge in [0.2, 0.25) is 5.91 Å². The molecule has 1 aliphatic rings. The van der Waals surface area contributed by atoms with Crippen LogP contribution in [0, 0.1) is 5.92 Å². The van der Waals surface area contributed by atoms with Crippen LogP contribution in [0.15, 0.2) is 39.7 Å². The molecule has 3 N–H and O–H groups in total. The van der Waals surface area contributed by atoms with Crippen molar-refractivity contribution in [3.05, 3.63) is 36.1 Å². The predicted octanol–water partition coefficient (Wildman–Crippen LogP) is 3.22. The number of hydrogen-bond acceptors (Lipinski definition) is 3. The number of carbonyl (C=O) groups excluding carboxylic acids is 1. The van der Waals surface area contributed by atoms with Crippen LogP contribution in [0.5, 0.6) is 0 Å². The largest absolute Gasteiger partial charge is 0.461 e. The van der Waals surface area contributed by atoms with Crippen molar-refractivity contribution in [1.82, 2.24) is 16.0 Å². The third kappa shape index (κ3) is 5.50. The molecule has 6 nitrogen and oxygen atoms in total. The highest BCUT2D eigenvalue weighted by Crippen LogP contribution is 2.24. The number of fused-ring (bicyclic) bond motifs is 1. The number of guanidine groups is 1. The summed E-state index contributed by atoms with van der Waals surface area (Å²) < 4.78 is 5.86. The molecule has 2 aromatic rings. The molecular weight excluding hydrogens is 352 g/mol. The van der Waals surface area contributed by atoms with Gasteiger partial charge in [0.1, 0.15) is 11.3 Å². The Morgan fingerprint density at radius 1 is 1.29 bits per heavy atom. The average molecular weight is 385 g/mol. The lowest BCUT2D eigenvalue weighted by molar-refractivity contribution is -0.126. The zero-order valence-electron chi connectivity index (χ0n) is 17.1. The normalized spacial score (nSPS) is 20.4. The minimum absolute atomic E-state index is 0.0855. The van der Waals surface area contributed by atoms with Gasteiger partial charge in [-0.3, -0.25) is 9.79 Å². The van der Waals surface area contributed by atoms with Crippen LogP contribution >= 0.6 is 0 Å². The molecule has 1 amide bonds. The van der Waals surface area contributed by atoms with Gasteiger partial charge in [-0.25, -0.2) is 0 Å². The molecule has 1 fully saturated rings. The second kappa shape index (κ2) is 9.62. The Hall–Kier alpha value is -2.50. The Morgan fingerprint density at radius 2 is 2.11 bits per heavy atom. The van der Waals surface area contributed by atoms with E-state index in [9.17, 15) is 4.79 Å². The molecule has 1 heterocycles. The molecule has 152 valence electrons. The lowest BCUT2D eigenvalue weighted by atomic mass is 9.85. The zero-order valence-corrected chi connectivity index (χ0v) is 17.1. The third-order valence-electron chi connectivity index (χ3n) is 5.18. The summed E-state index contributed by atoms with van der Waals surface area (Å²) in [5, 5.41) is 11.0. The van der Waals surface area contributed by atoms with Crippen molar-refractivity contribution in [3.63, 3.8) is 0 Å². The zero-order chi connectivity index (χ0) is 19.9. The number of para-hydroxylation sites is 1. The molecule has 0 radical (unpaired) electrons. The Labute approximate surface area is 167 Å². The number of aliphatic imine (C=N–C) groups is 1. The molecule has 28 heavy (non-hydrogen) atoms. The van der Waals surface area contributed by atoms with Gasteiger partial charge in [0.05, 0.1) is 0 Å². The van der Waals surface area contributed by atoms with Crippen molar-refractivity contribution in [3.8, 4) is 0 Å². The summed E-state index contributed by atoms with van der Waals surface area (Å²) in [7, 11) is 1.78. The van der Waals surface area contributed by atoms with E-state index < -0.39 is 0 Å². The van der Waals surface area contributed by atoms with Crippen molar-refractivity contribution >= 4 is 22.8 Å². The molecule has 0 aliphatic heterocycles. The Kier molecular flexibility index (Phi) is 6.95. The van der Waals surface area contributed by atoms with E-state index in [0.29, 0.717) is 0 Å². The van der Waals surface area contributed by atoms with Crippen LogP contribution in [0.25, 0.3) is 11.0 Å². The SMILES string of the molecule is CN=C(NCCc1cc2ccccc2o1)NC1CCCC(C(=O)NC(C)C)C1. The van der Waals surface area contributed by atoms with E-state index in [0.717, 1.165) is 61.3 Å². The number of amides is 1. The van der Waals surface area contributed by atoms with E-state index in [2.05, 4.69) is 33.1 Å². The van der Waals surface area contributed by atoms with Gasteiger partial charge in [-0.1, -0.05) is 24.6 Å². The van der Waals surface area contributed by atoms with Crippen molar-refractivity contribution in [2.75, 3.05) is 13.6 Å². The number of rotatable bonds is 6. The molecule has 3 rings (SSSR count). The lowest BCUT2D eigenvalue weighted by Crippen LogP contribution is -2.47. The fraction of sp³-hybridized carbons (Fsp3) is 0.545. The summed E-state index contributed by atoms with van der Waals surface area (Å²) in [5.74, 6) is 2.01. The van der Waals surface area contributed by atoms with Crippen LogP contribution in [-0.4, -0.2) is 37.5 Å². The Bertz CT molecular complexity index is 779. The molecule has 1 saturated carbocycles. The Balaban J connectivity index is 1.46. The quantitative estimate of drug-likeness (QED) is 0.528. The first-order valence-corrected chi connectivity index (χ1v) is 10.3. The second-order valence-corrected chi connectivity index (χ2v) is 7.87. The van der Waals surface area contributed by atoms with Crippen LogP contribution in [0.2, 0.25) is 0 Å². The Morgan fingerprint density at radius 3 is 2.86 bits per heavy atom. The van der Waals surface area contributed by atoms with Crippen LogP contribution in [-0.2, 0) is 11.2 Å². The summed E-state index contributed by atoms with van der Waals surface area (Å²) in [6.07, 6.45) is 4.73. The monoisotopic (exact) mass is 384 g/mol. The van der Waals surface area contributed by atoms with E-state index in [-0.39, 0.29) is 23.9 Å². The van der Waals surface area contributed by atoms with E-state index in [1.165, 1.54) is 0 Å². The molecular formula is C22H32N4O2. The van der Waals surface area contributed by atoms with Gasteiger partial charge in [-0.15, -0.1) is 0 Å². The first-order chi connectivity index (χ1) is 13.5. The minimum atomic E-state index is 0.0855. The van der Waals surface area contributed by atoms with Gasteiger partial charge >= 0.3 is 0 Å². The van der Waals surface area contributed by atoms with Gasteiger partial charge in [0, 0.05) is 43.4 Å². The molecule has 6 heteroatoms. The smallest absolute Gasteiger partial charge is 0.223 e. The van der Waals surface area contributed by atoms with Crippen LogP contribution in [0.4, 0.5) is 0 Å². The third-order valence-corrected chi connectivity index (χ3v) is 5.18. The summed E-state index contributed by atoms with van der Waals surface area (Å²) >= 11 is 0.